The van der Waals surface area contributed by atoms with Crippen LogP contribution in [-0.4, -0.2) is 18.4 Å². The maximum absolute atomic E-state index is 12.3. The molecule has 6 heteroatoms. The van der Waals surface area contributed by atoms with E-state index in [4.69, 9.17) is 16.3 Å². The molecule has 0 spiro atoms. The zero-order valence-corrected chi connectivity index (χ0v) is 15.3. The lowest BCUT2D eigenvalue weighted by Crippen LogP contribution is -2.27. The van der Waals surface area contributed by atoms with E-state index in [-0.39, 0.29) is 12.3 Å². The van der Waals surface area contributed by atoms with E-state index in [1.165, 1.54) is 0 Å². The monoisotopic (exact) mass is 407 g/mol. The first-order valence-electron chi connectivity index (χ1n) is 7.48. The zero-order chi connectivity index (χ0) is 17.3. The fourth-order valence-electron chi connectivity index (χ4n) is 2.57. The Kier molecular flexibility index (Phi) is 4.92. The minimum atomic E-state index is -0.485. The average Bonchev–Trinajstić information content (AvgIpc) is 2.94. The predicted octanol–water partition coefficient (Wildman–Crippen LogP) is 4.37. The van der Waals surface area contributed by atoms with Crippen molar-refractivity contribution in [2.75, 3.05) is 11.4 Å². The molecule has 1 amide bonds. The number of carbonyl (C=O) groups is 2. The van der Waals surface area contributed by atoms with Gasteiger partial charge in [-0.1, -0.05) is 33.6 Å². The second kappa shape index (κ2) is 6.95. The molecule has 0 bridgehead atoms. The van der Waals surface area contributed by atoms with Gasteiger partial charge in [-0.15, -0.1) is 0 Å². The summed E-state index contributed by atoms with van der Waals surface area (Å²) in [4.78, 5) is 26.1. The first kappa shape index (κ1) is 17.0. The molecule has 2 aromatic carbocycles. The lowest BCUT2D eigenvalue weighted by molar-refractivity contribution is -0.139. The largest absolute Gasteiger partial charge is 0.426 e. The summed E-state index contributed by atoms with van der Waals surface area (Å²) in [6.45, 7) is 2.20. The van der Waals surface area contributed by atoms with Gasteiger partial charge in [-0.3, -0.25) is 9.59 Å². The summed E-state index contributed by atoms with van der Waals surface area (Å²) in [5.41, 5.74) is 1.65. The molecule has 24 heavy (non-hydrogen) atoms. The van der Waals surface area contributed by atoms with E-state index in [1.807, 2.05) is 19.1 Å². The van der Waals surface area contributed by atoms with E-state index in [9.17, 15) is 9.59 Å². The van der Waals surface area contributed by atoms with Crippen molar-refractivity contribution >= 4 is 45.1 Å². The summed E-state index contributed by atoms with van der Waals surface area (Å²) in [5, 5.41) is 0.598. The number of aryl methyl sites for hydroxylation is 1. The summed E-state index contributed by atoms with van der Waals surface area (Å²) in [5.74, 6) is -0.521. The van der Waals surface area contributed by atoms with E-state index < -0.39 is 11.9 Å². The van der Waals surface area contributed by atoms with Crippen molar-refractivity contribution in [3.8, 4) is 5.75 Å². The van der Waals surface area contributed by atoms with E-state index >= 15 is 0 Å². The lowest BCUT2D eigenvalue weighted by Gasteiger charge is -2.17. The van der Waals surface area contributed by atoms with Gasteiger partial charge >= 0.3 is 5.97 Å². The van der Waals surface area contributed by atoms with E-state index in [0.29, 0.717) is 23.0 Å². The van der Waals surface area contributed by atoms with Crippen molar-refractivity contribution < 1.29 is 14.3 Å². The highest BCUT2D eigenvalue weighted by Crippen LogP contribution is 2.29. The van der Waals surface area contributed by atoms with Gasteiger partial charge in [-0.25, -0.2) is 0 Å². The molecule has 124 valence electrons. The van der Waals surface area contributed by atoms with Crippen LogP contribution in [0.15, 0.2) is 46.9 Å². The first-order chi connectivity index (χ1) is 11.4. The minimum Gasteiger partial charge on any atom is -0.426 e. The van der Waals surface area contributed by atoms with Crippen molar-refractivity contribution in [1.29, 1.82) is 0 Å². The molecule has 0 aliphatic carbocycles. The maximum Gasteiger partial charge on any atom is 0.316 e. The normalized spacial score (nSPS) is 17.2. The molecule has 1 fully saturated rings. The Morgan fingerprint density at radius 3 is 2.62 bits per heavy atom. The van der Waals surface area contributed by atoms with Gasteiger partial charge in [0.05, 0.1) is 5.92 Å². The van der Waals surface area contributed by atoms with Crippen LogP contribution in [0.25, 0.3) is 0 Å². The maximum atomic E-state index is 12.3. The molecular weight excluding hydrogens is 394 g/mol. The van der Waals surface area contributed by atoms with Gasteiger partial charge in [-0.2, -0.15) is 0 Å². The van der Waals surface area contributed by atoms with Gasteiger partial charge in [0.15, 0.2) is 0 Å². The highest BCUT2D eigenvalue weighted by Gasteiger charge is 2.36. The Hall–Kier alpha value is -1.85. The summed E-state index contributed by atoms with van der Waals surface area (Å²) < 4.78 is 6.27. The molecule has 2 aromatic rings. The summed E-state index contributed by atoms with van der Waals surface area (Å²) in [6.07, 6.45) is 0.140. The van der Waals surface area contributed by atoms with Crippen molar-refractivity contribution in [3.05, 3.63) is 57.5 Å². The third kappa shape index (κ3) is 3.62. The second-order valence-corrected chi connectivity index (χ2v) is 7.04. The van der Waals surface area contributed by atoms with Crippen LogP contribution in [0.3, 0.4) is 0 Å². The number of hydrogen-bond donors (Lipinski definition) is 0. The minimum absolute atomic E-state index is 0.104. The molecule has 4 nitrogen and oxygen atoms in total. The standard InChI is InChI=1S/C18H15BrClNO3/c1-11-2-5-14(9-16(11)20)21-10-12(8-17(21)22)18(23)24-15-6-3-13(19)4-7-15/h2-7,9,12H,8,10H2,1H3/t12-/m1/s1. The van der Waals surface area contributed by atoms with Crippen LogP contribution in [0.2, 0.25) is 5.02 Å². The zero-order valence-electron chi connectivity index (χ0n) is 13.0. The number of nitrogens with zero attached hydrogens (tertiary/aromatic N) is 1. The Morgan fingerprint density at radius 2 is 1.96 bits per heavy atom. The summed E-state index contributed by atoms with van der Waals surface area (Å²) in [7, 11) is 0. The number of carbonyl (C=O) groups excluding carboxylic acids is 2. The molecule has 0 radical (unpaired) electrons. The predicted molar refractivity (Wildman–Crippen MR) is 96.4 cm³/mol. The van der Waals surface area contributed by atoms with Gasteiger partial charge in [0, 0.05) is 28.1 Å². The Morgan fingerprint density at radius 1 is 1.25 bits per heavy atom. The van der Waals surface area contributed by atoms with E-state index in [1.54, 1.807) is 35.2 Å². The third-order valence-corrected chi connectivity index (χ3v) is 4.89. The molecule has 0 unspecified atom stereocenters. The molecule has 1 heterocycles. The molecular formula is C18H15BrClNO3. The van der Waals surface area contributed by atoms with Gasteiger partial charge in [-0.05, 0) is 48.9 Å². The van der Waals surface area contributed by atoms with E-state index in [2.05, 4.69) is 15.9 Å². The number of benzene rings is 2. The smallest absolute Gasteiger partial charge is 0.316 e. The Bertz CT molecular complexity index is 791. The van der Waals surface area contributed by atoms with Gasteiger partial charge in [0.25, 0.3) is 0 Å². The van der Waals surface area contributed by atoms with Crippen molar-refractivity contribution in [3.63, 3.8) is 0 Å². The summed E-state index contributed by atoms with van der Waals surface area (Å²) >= 11 is 9.45. The Labute approximate surface area is 153 Å². The van der Waals surface area contributed by atoms with Crippen LogP contribution in [0.4, 0.5) is 5.69 Å². The molecule has 1 saturated heterocycles. The molecule has 3 rings (SSSR count). The molecule has 1 aliphatic heterocycles. The van der Waals surface area contributed by atoms with Crippen molar-refractivity contribution in [2.45, 2.75) is 13.3 Å². The van der Waals surface area contributed by atoms with Gasteiger partial charge in [0.1, 0.15) is 5.75 Å². The van der Waals surface area contributed by atoms with Crippen LogP contribution in [-0.2, 0) is 9.59 Å². The number of anilines is 1. The van der Waals surface area contributed by atoms with E-state index in [0.717, 1.165) is 10.0 Å². The Balaban J connectivity index is 1.70. The number of amides is 1. The molecule has 0 aromatic heterocycles. The number of ether oxygens (including phenoxy) is 1. The SMILES string of the molecule is Cc1ccc(N2C[C@H](C(=O)Oc3ccc(Br)cc3)CC2=O)cc1Cl. The average molecular weight is 409 g/mol. The fraction of sp³-hybridized carbons (Fsp3) is 0.222. The van der Waals surface area contributed by atoms with Crippen LogP contribution in [0.1, 0.15) is 12.0 Å². The highest BCUT2D eigenvalue weighted by atomic mass is 79.9. The molecule has 0 N–H and O–H groups in total. The number of hydrogen-bond acceptors (Lipinski definition) is 3. The van der Waals surface area contributed by atoms with Crippen molar-refractivity contribution in [1.82, 2.24) is 0 Å². The quantitative estimate of drug-likeness (QED) is 0.560. The third-order valence-electron chi connectivity index (χ3n) is 3.96. The highest BCUT2D eigenvalue weighted by molar-refractivity contribution is 9.10. The fourth-order valence-corrected chi connectivity index (χ4v) is 3.01. The van der Waals surface area contributed by atoms with Crippen LogP contribution in [0, 0.1) is 12.8 Å². The van der Waals surface area contributed by atoms with Crippen LogP contribution in [0.5, 0.6) is 5.75 Å². The lowest BCUT2D eigenvalue weighted by atomic mass is 10.1. The second-order valence-electron chi connectivity index (χ2n) is 5.71. The molecule has 0 saturated carbocycles. The first-order valence-corrected chi connectivity index (χ1v) is 8.65. The molecule has 1 aliphatic rings. The topological polar surface area (TPSA) is 46.6 Å². The number of rotatable bonds is 3. The number of esters is 1. The van der Waals surface area contributed by atoms with Crippen LogP contribution < -0.4 is 9.64 Å². The van der Waals surface area contributed by atoms with Gasteiger partial charge < -0.3 is 9.64 Å². The van der Waals surface area contributed by atoms with Gasteiger partial charge in [0.2, 0.25) is 5.91 Å². The number of halogens is 2. The van der Waals surface area contributed by atoms with Crippen molar-refractivity contribution in [2.24, 2.45) is 5.92 Å². The van der Waals surface area contributed by atoms with Crippen LogP contribution >= 0.6 is 27.5 Å². The molecule has 1 atom stereocenters. The summed E-state index contributed by atoms with van der Waals surface area (Å²) in [6, 6.07) is 12.4.